The summed E-state index contributed by atoms with van der Waals surface area (Å²) in [5.41, 5.74) is 1.98. The van der Waals surface area contributed by atoms with Crippen molar-refractivity contribution in [2.45, 2.75) is 57.6 Å². The van der Waals surface area contributed by atoms with Crippen molar-refractivity contribution < 1.29 is 4.74 Å². The molecule has 2 heteroatoms. The molecule has 1 saturated carbocycles. The molecule has 0 heterocycles. The van der Waals surface area contributed by atoms with Crippen molar-refractivity contribution in [3.63, 3.8) is 0 Å². The molecule has 0 spiro atoms. The standard InChI is InChI=1S/C20H30OS/c1-14(2)17-12-19(3,4)13-18(20(17,5)6)22-16-10-8-15(21-7)9-11-16/h8-11,17-18H,1,12-13H2,2-7H3/t17-,18-/m1/s1. The predicted octanol–water partition coefficient (Wildman–Crippen LogP) is 6.19. The third-order valence-electron chi connectivity index (χ3n) is 5.16. The zero-order valence-corrected chi connectivity index (χ0v) is 15.7. The molecule has 1 aromatic carbocycles. The number of hydrogen-bond donors (Lipinski definition) is 0. The maximum Gasteiger partial charge on any atom is 0.118 e. The van der Waals surface area contributed by atoms with Crippen LogP contribution in [-0.2, 0) is 0 Å². The highest BCUT2D eigenvalue weighted by Crippen LogP contribution is 2.56. The smallest absolute Gasteiger partial charge is 0.118 e. The molecule has 0 radical (unpaired) electrons. The van der Waals surface area contributed by atoms with Crippen LogP contribution in [0.2, 0.25) is 0 Å². The Morgan fingerprint density at radius 3 is 2.23 bits per heavy atom. The van der Waals surface area contributed by atoms with E-state index in [1.807, 2.05) is 11.8 Å². The molecule has 2 rings (SSSR count). The Hall–Kier alpha value is -0.890. The van der Waals surface area contributed by atoms with E-state index in [0.717, 1.165) is 5.75 Å². The molecule has 1 aromatic rings. The van der Waals surface area contributed by atoms with Gasteiger partial charge in [0, 0.05) is 10.1 Å². The average molecular weight is 319 g/mol. The van der Waals surface area contributed by atoms with E-state index in [0.29, 0.717) is 16.6 Å². The highest BCUT2D eigenvalue weighted by Gasteiger charge is 2.47. The fraction of sp³-hybridized carbons (Fsp3) is 0.600. The van der Waals surface area contributed by atoms with Crippen LogP contribution in [0, 0.1) is 16.7 Å². The van der Waals surface area contributed by atoms with Gasteiger partial charge in [-0.1, -0.05) is 39.8 Å². The molecule has 22 heavy (non-hydrogen) atoms. The highest BCUT2D eigenvalue weighted by atomic mass is 32.2. The first-order chi connectivity index (χ1) is 10.2. The summed E-state index contributed by atoms with van der Waals surface area (Å²) in [6.45, 7) is 16.1. The summed E-state index contributed by atoms with van der Waals surface area (Å²) in [5, 5.41) is 0.603. The van der Waals surface area contributed by atoms with Gasteiger partial charge in [-0.05, 0) is 60.8 Å². The van der Waals surface area contributed by atoms with Gasteiger partial charge in [-0.15, -0.1) is 11.8 Å². The molecule has 2 atom stereocenters. The number of thioether (sulfide) groups is 1. The first-order valence-corrected chi connectivity index (χ1v) is 9.00. The zero-order valence-electron chi connectivity index (χ0n) is 14.9. The lowest BCUT2D eigenvalue weighted by atomic mass is 9.58. The number of ether oxygens (including phenoxy) is 1. The van der Waals surface area contributed by atoms with E-state index in [1.165, 1.54) is 23.3 Å². The molecule has 0 amide bonds. The van der Waals surface area contributed by atoms with E-state index in [9.17, 15) is 0 Å². The third kappa shape index (κ3) is 3.71. The molecule has 0 N–H and O–H groups in total. The normalized spacial score (nSPS) is 26.5. The number of hydrogen-bond acceptors (Lipinski definition) is 2. The molecule has 1 aliphatic carbocycles. The zero-order chi connectivity index (χ0) is 16.5. The van der Waals surface area contributed by atoms with Gasteiger partial charge in [0.1, 0.15) is 5.75 Å². The van der Waals surface area contributed by atoms with Crippen LogP contribution in [0.1, 0.15) is 47.5 Å². The molecule has 0 bridgehead atoms. The van der Waals surface area contributed by atoms with Crippen molar-refractivity contribution in [3.05, 3.63) is 36.4 Å². The second-order valence-corrected chi connectivity index (χ2v) is 9.35. The molecule has 0 unspecified atom stereocenters. The van der Waals surface area contributed by atoms with Crippen molar-refractivity contribution in [2.24, 2.45) is 16.7 Å². The Balaban J connectivity index is 2.24. The average Bonchev–Trinajstić information content (AvgIpc) is 2.43. The monoisotopic (exact) mass is 318 g/mol. The summed E-state index contributed by atoms with van der Waals surface area (Å²) >= 11 is 2.02. The van der Waals surface area contributed by atoms with Crippen LogP contribution in [0.15, 0.2) is 41.3 Å². The van der Waals surface area contributed by atoms with Crippen LogP contribution < -0.4 is 4.74 Å². The van der Waals surface area contributed by atoms with Gasteiger partial charge in [0.2, 0.25) is 0 Å². The van der Waals surface area contributed by atoms with Crippen molar-refractivity contribution in [1.29, 1.82) is 0 Å². The second-order valence-electron chi connectivity index (χ2n) is 8.07. The summed E-state index contributed by atoms with van der Waals surface area (Å²) in [6, 6.07) is 8.47. The van der Waals surface area contributed by atoms with Crippen LogP contribution in [0.5, 0.6) is 5.75 Å². The lowest BCUT2D eigenvalue weighted by Gasteiger charge is -2.51. The predicted molar refractivity (Wildman–Crippen MR) is 97.7 cm³/mol. The van der Waals surface area contributed by atoms with Gasteiger partial charge in [0.25, 0.3) is 0 Å². The van der Waals surface area contributed by atoms with Crippen molar-refractivity contribution in [3.8, 4) is 5.75 Å². The Bertz CT molecular complexity index is 527. The fourth-order valence-electron chi connectivity index (χ4n) is 3.71. The fourth-order valence-corrected chi connectivity index (χ4v) is 5.33. The minimum Gasteiger partial charge on any atom is -0.497 e. The quantitative estimate of drug-likeness (QED) is 0.612. The Morgan fingerprint density at radius 2 is 1.73 bits per heavy atom. The van der Waals surface area contributed by atoms with E-state index in [2.05, 4.69) is 65.5 Å². The number of benzene rings is 1. The topological polar surface area (TPSA) is 9.23 Å². The minimum atomic E-state index is 0.270. The molecule has 1 fully saturated rings. The third-order valence-corrected chi connectivity index (χ3v) is 6.76. The van der Waals surface area contributed by atoms with E-state index < -0.39 is 0 Å². The van der Waals surface area contributed by atoms with Gasteiger partial charge in [-0.2, -0.15) is 0 Å². The van der Waals surface area contributed by atoms with Gasteiger partial charge in [0.05, 0.1) is 7.11 Å². The summed E-state index contributed by atoms with van der Waals surface area (Å²) in [4.78, 5) is 1.33. The lowest BCUT2D eigenvalue weighted by molar-refractivity contribution is 0.0853. The van der Waals surface area contributed by atoms with E-state index in [4.69, 9.17) is 4.74 Å². The summed E-state index contributed by atoms with van der Waals surface area (Å²) in [6.07, 6.45) is 2.50. The molecular formula is C20H30OS. The Kier molecular flexibility index (Phi) is 5.01. The molecule has 0 aromatic heterocycles. The Labute approximate surface area is 140 Å². The first-order valence-electron chi connectivity index (χ1n) is 8.12. The first kappa shape index (κ1) is 17.5. The van der Waals surface area contributed by atoms with Crippen LogP contribution >= 0.6 is 11.8 Å². The summed E-state index contributed by atoms with van der Waals surface area (Å²) in [5.74, 6) is 1.51. The van der Waals surface area contributed by atoms with Gasteiger partial charge < -0.3 is 4.74 Å². The Morgan fingerprint density at radius 1 is 1.14 bits per heavy atom. The van der Waals surface area contributed by atoms with Gasteiger partial charge in [-0.25, -0.2) is 0 Å². The SMILES string of the molecule is C=C(C)[C@H]1CC(C)(C)C[C@@H](Sc2ccc(OC)cc2)C1(C)C. The number of rotatable bonds is 4. The molecule has 0 aliphatic heterocycles. The van der Waals surface area contributed by atoms with E-state index in [1.54, 1.807) is 7.11 Å². The maximum absolute atomic E-state index is 5.26. The molecule has 1 nitrogen and oxygen atoms in total. The highest BCUT2D eigenvalue weighted by molar-refractivity contribution is 8.00. The van der Waals surface area contributed by atoms with E-state index >= 15 is 0 Å². The number of methoxy groups -OCH3 is 1. The van der Waals surface area contributed by atoms with Gasteiger partial charge in [0.15, 0.2) is 0 Å². The summed E-state index contributed by atoms with van der Waals surface area (Å²) < 4.78 is 5.26. The van der Waals surface area contributed by atoms with Crippen LogP contribution in [0.4, 0.5) is 0 Å². The van der Waals surface area contributed by atoms with Crippen molar-refractivity contribution >= 4 is 11.8 Å². The largest absolute Gasteiger partial charge is 0.497 e. The number of allylic oxidation sites excluding steroid dienone is 1. The van der Waals surface area contributed by atoms with Crippen molar-refractivity contribution in [2.75, 3.05) is 7.11 Å². The van der Waals surface area contributed by atoms with Crippen LogP contribution in [-0.4, -0.2) is 12.4 Å². The molecular weight excluding hydrogens is 288 g/mol. The van der Waals surface area contributed by atoms with Crippen LogP contribution in [0.3, 0.4) is 0 Å². The van der Waals surface area contributed by atoms with E-state index in [-0.39, 0.29) is 5.41 Å². The molecule has 1 aliphatic rings. The van der Waals surface area contributed by atoms with Crippen LogP contribution in [0.25, 0.3) is 0 Å². The maximum atomic E-state index is 5.26. The lowest BCUT2D eigenvalue weighted by Crippen LogP contribution is -2.45. The molecule has 0 saturated heterocycles. The van der Waals surface area contributed by atoms with Gasteiger partial charge >= 0.3 is 0 Å². The van der Waals surface area contributed by atoms with Gasteiger partial charge in [-0.3, -0.25) is 0 Å². The minimum absolute atomic E-state index is 0.270. The van der Waals surface area contributed by atoms with Crippen molar-refractivity contribution in [1.82, 2.24) is 0 Å². The molecule has 122 valence electrons. The second kappa shape index (κ2) is 6.31. The summed E-state index contributed by atoms with van der Waals surface area (Å²) in [7, 11) is 1.71.